The van der Waals surface area contributed by atoms with Gasteiger partial charge in [-0.2, -0.15) is 0 Å². The maximum absolute atomic E-state index is 12.1. The Morgan fingerprint density at radius 1 is 0.912 bits per heavy atom. The van der Waals surface area contributed by atoms with Gasteiger partial charge >= 0.3 is 0 Å². The van der Waals surface area contributed by atoms with E-state index in [0.29, 0.717) is 29.5 Å². The molecule has 180 valence electrons. The van der Waals surface area contributed by atoms with Gasteiger partial charge in [0, 0.05) is 17.4 Å². The Hall–Kier alpha value is -2.82. The second-order valence-electron chi connectivity index (χ2n) is 11.4. The molecule has 0 bridgehead atoms. The first kappa shape index (κ1) is 22.9. The van der Waals surface area contributed by atoms with E-state index in [-0.39, 0.29) is 34.5 Å². The molecule has 5 nitrogen and oxygen atoms in total. The van der Waals surface area contributed by atoms with Gasteiger partial charge in [0.25, 0.3) is 0 Å². The molecular weight excluding hydrogens is 428 g/mol. The second kappa shape index (κ2) is 8.14. The lowest BCUT2D eigenvalue weighted by molar-refractivity contribution is -0.0472. The van der Waals surface area contributed by atoms with E-state index in [1.165, 1.54) is 12.8 Å². The van der Waals surface area contributed by atoms with E-state index in [1.807, 2.05) is 30.3 Å². The van der Waals surface area contributed by atoms with Gasteiger partial charge in [-0.15, -0.1) is 0 Å². The zero-order chi connectivity index (χ0) is 24.3. The molecule has 0 aromatic heterocycles. The molecule has 2 saturated carbocycles. The van der Waals surface area contributed by atoms with E-state index >= 15 is 0 Å². The number of hydrogen-bond acceptors (Lipinski definition) is 5. The summed E-state index contributed by atoms with van der Waals surface area (Å²) in [6.45, 7) is 6.84. The summed E-state index contributed by atoms with van der Waals surface area (Å²) in [6.07, 6.45) is 7.27. The van der Waals surface area contributed by atoms with Crippen LogP contribution < -0.4 is 4.74 Å². The maximum Gasteiger partial charge on any atom is 0.157 e. The number of hydrogen-bond donors (Lipinski definition) is 2. The van der Waals surface area contributed by atoms with E-state index in [9.17, 15) is 19.8 Å². The van der Waals surface area contributed by atoms with Gasteiger partial charge in [0.1, 0.15) is 22.8 Å². The Morgan fingerprint density at radius 2 is 1.62 bits per heavy atom. The summed E-state index contributed by atoms with van der Waals surface area (Å²) >= 11 is 0. The number of rotatable bonds is 3. The van der Waals surface area contributed by atoms with Crippen molar-refractivity contribution >= 4 is 12.6 Å². The molecule has 0 amide bonds. The maximum atomic E-state index is 12.1. The van der Waals surface area contributed by atoms with Gasteiger partial charge in [0.2, 0.25) is 0 Å². The first-order valence-electron chi connectivity index (χ1n) is 12.5. The Kier molecular flexibility index (Phi) is 5.50. The average Bonchev–Trinajstić information content (AvgIpc) is 2.85. The topological polar surface area (TPSA) is 83.8 Å². The van der Waals surface area contributed by atoms with Gasteiger partial charge in [-0.25, -0.2) is 0 Å². The van der Waals surface area contributed by atoms with Crippen molar-refractivity contribution < 1.29 is 24.5 Å². The monoisotopic (exact) mass is 462 g/mol. The third kappa shape index (κ3) is 3.35. The van der Waals surface area contributed by atoms with Gasteiger partial charge in [0.05, 0.1) is 11.1 Å². The number of benzene rings is 2. The highest BCUT2D eigenvalue weighted by molar-refractivity contribution is 5.95. The van der Waals surface area contributed by atoms with Crippen molar-refractivity contribution in [1.29, 1.82) is 0 Å². The summed E-state index contributed by atoms with van der Waals surface area (Å²) in [4.78, 5) is 23.9. The summed E-state index contributed by atoms with van der Waals surface area (Å²) in [6, 6.07) is 9.97. The molecule has 1 aliphatic heterocycles. The molecule has 5 rings (SSSR count). The smallest absolute Gasteiger partial charge is 0.157 e. The number of aldehydes is 2. The fourth-order valence-electron chi connectivity index (χ4n) is 7.43. The van der Waals surface area contributed by atoms with Crippen LogP contribution in [0.3, 0.4) is 0 Å². The summed E-state index contributed by atoms with van der Waals surface area (Å²) < 4.78 is 6.66. The van der Waals surface area contributed by atoms with Crippen LogP contribution in [0.15, 0.2) is 30.3 Å². The quantitative estimate of drug-likeness (QED) is 0.527. The highest BCUT2D eigenvalue weighted by Crippen LogP contribution is 2.61. The molecule has 34 heavy (non-hydrogen) atoms. The Bertz CT molecular complexity index is 1120. The van der Waals surface area contributed by atoms with Crippen LogP contribution in [0.2, 0.25) is 0 Å². The lowest BCUT2D eigenvalue weighted by Gasteiger charge is -2.53. The molecule has 5 heteroatoms. The lowest BCUT2D eigenvalue weighted by Crippen LogP contribution is -2.49. The number of carbonyl (C=O) groups excluding carboxylic acids is 2. The van der Waals surface area contributed by atoms with Crippen molar-refractivity contribution in [2.24, 2.45) is 23.2 Å². The fraction of sp³-hybridized carbons (Fsp3) is 0.517. The minimum atomic E-state index is -0.576. The van der Waals surface area contributed by atoms with Crippen LogP contribution in [0.25, 0.3) is 0 Å². The normalized spacial score (nSPS) is 31.7. The van der Waals surface area contributed by atoms with Crippen molar-refractivity contribution in [3.05, 3.63) is 52.6 Å². The summed E-state index contributed by atoms with van der Waals surface area (Å²) in [5.41, 5.74) is 0.899. The zero-order valence-electron chi connectivity index (χ0n) is 20.2. The van der Waals surface area contributed by atoms with E-state index in [1.54, 1.807) is 0 Å². The van der Waals surface area contributed by atoms with Gasteiger partial charge < -0.3 is 14.9 Å². The third-order valence-corrected chi connectivity index (χ3v) is 9.14. The predicted octanol–water partition coefficient (Wildman–Crippen LogP) is 6.25. The molecular formula is C29H34O5. The van der Waals surface area contributed by atoms with Crippen LogP contribution in [0.4, 0.5) is 0 Å². The predicted molar refractivity (Wildman–Crippen MR) is 130 cm³/mol. The fourth-order valence-corrected chi connectivity index (χ4v) is 7.43. The SMILES string of the molecule is CC1(C)C[C@@H]2CCC[C@@H]3[C@@H](c4ccccc4)c4c(O)c(C=O)c(O)c(C=O)c4O[C@@]3(C)CC[C@H]21. The second-order valence-corrected chi connectivity index (χ2v) is 11.4. The van der Waals surface area contributed by atoms with Crippen molar-refractivity contribution in [2.75, 3.05) is 0 Å². The highest BCUT2D eigenvalue weighted by Gasteiger charge is 2.53. The number of fused-ring (bicyclic) bond motifs is 3. The Labute approximate surface area is 201 Å². The molecule has 2 aromatic rings. The molecule has 2 N–H and O–H groups in total. The number of phenols is 2. The third-order valence-electron chi connectivity index (χ3n) is 9.14. The molecule has 2 aromatic carbocycles. The van der Waals surface area contributed by atoms with E-state index in [4.69, 9.17) is 4.74 Å². The first-order valence-corrected chi connectivity index (χ1v) is 12.5. The molecule has 0 radical (unpaired) electrons. The minimum absolute atomic E-state index is 0.0532. The van der Waals surface area contributed by atoms with Crippen molar-refractivity contribution in [3.63, 3.8) is 0 Å². The number of phenolic OH excluding ortho intramolecular Hbond substituents is 2. The van der Waals surface area contributed by atoms with Crippen LogP contribution in [-0.2, 0) is 0 Å². The molecule has 0 spiro atoms. The van der Waals surface area contributed by atoms with Crippen LogP contribution in [0.5, 0.6) is 17.2 Å². The van der Waals surface area contributed by atoms with Gasteiger partial charge in [-0.05, 0) is 55.4 Å². The largest absolute Gasteiger partial charge is 0.507 e. The molecule has 0 unspecified atom stereocenters. The standard InChI is InChI=1S/C29H34O5/c1-28(2)14-18-10-7-11-22-23(17-8-5-4-6-9-17)24-26(33)19(15-30)25(32)20(16-31)27(24)34-29(22,3)13-12-21(18)28/h4-6,8-9,15-16,18,21-23,32-33H,7,10-14H2,1-3H3/t18-,21+,22+,23+,29-/m0/s1. The summed E-state index contributed by atoms with van der Waals surface area (Å²) in [5.74, 6) is 0.596. The molecule has 1 heterocycles. The number of aromatic hydroxyl groups is 2. The summed E-state index contributed by atoms with van der Waals surface area (Å²) in [7, 11) is 0. The Morgan fingerprint density at radius 3 is 2.26 bits per heavy atom. The van der Waals surface area contributed by atoms with E-state index < -0.39 is 11.4 Å². The minimum Gasteiger partial charge on any atom is -0.507 e. The number of ether oxygens (including phenoxy) is 1. The highest BCUT2D eigenvalue weighted by atomic mass is 16.5. The lowest BCUT2D eigenvalue weighted by atomic mass is 9.53. The molecule has 5 atom stereocenters. The number of carbonyl (C=O) groups is 2. The average molecular weight is 463 g/mol. The van der Waals surface area contributed by atoms with Gasteiger partial charge in [0.15, 0.2) is 12.6 Å². The van der Waals surface area contributed by atoms with Crippen LogP contribution >= 0.6 is 0 Å². The molecule has 3 aliphatic rings. The van der Waals surface area contributed by atoms with Crippen LogP contribution in [0.1, 0.15) is 97.1 Å². The van der Waals surface area contributed by atoms with Crippen molar-refractivity contribution in [3.8, 4) is 17.2 Å². The molecule has 2 aliphatic carbocycles. The van der Waals surface area contributed by atoms with Gasteiger partial charge in [-0.3, -0.25) is 9.59 Å². The van der Waals surface area contributed by atoms with Crippen molar-refractivity contribution in [2.45, 2.75) is 70.8 Å². The zero-order valence-corrected chi connectivity index (χ0v) is 20.2. The molecule has 0 saturated heterocycles. The van der Waals surface area contributed by atoms with E-state index in [0.717, 1.165) is 37.2 Å². The van der Waals surface area contributed by atoms with Crippen molar-refractivity contribution in [1.82, 2.24) is 0 Å². The van der Waals surface area contributed by atoms with Gasteiger partial charge in [-0.1, -0.05) is 57.0 Å². The van der Waals surface area contributed by atoms with Crippen LogP contribution in [-0.4, -0.2) is 28.4 Å². The Balaban J connectivity index is 1.71. The van der Waals surface area contributed by atoms with E-state index in [2.05, 4.69) is 20.8 Å². The molecule has 2 fully saturated rings. The summed E-state index contributed by atoms with van der Waals surface area (Å²) in [5, 5.41) is 21.9. The van der Waals surface area contributed by atoms with Crippen LogP contribution in [0, 0.1) is 23.2 Å². The first-order chi connectivity index (χ1) is 16.2.